The third-order valence-corrected chi connectivity index (χ3v) is 3.59. The van der Waals surface area contributed by atoms with E-state index in [0.29, 0.717) is 22.3 Å². The number of H-pyrrole nitrogens is 1. The number of fused-ring (bicyclic) bond motifs is 1. The van der Waals surface area contributed by atoms with Crippen molar-refractivity contribution in [3.63, 3.8) is 0 Å². The third kappa shape index (κ3) is 4.48. The standard InChI is InChI=1S/C20H17N3O3/c1-14-22-18-10-9-15(12-17(18)19(24)23-14)8-5-11-21-20(25)26-13-16-6-3-2-4-7-16/h2-4,6-7,9-10,12H,11,13H2,1H3,(H,21,25)(H,22,23,24). The van der Waals surface area contributed by atoms with E-state index in [1.54, 1.807) is 25.1 Å². The van der Waals surface area contributed by atoms with Gasteiger partial charge in [-0.15, -0.1) is 0 Å². The third-order valence-electron chi connectivity index (χ3n) is 3.59. The van der Waals surface area contributed by atoms with Crippen LogP contribution in [0.25, 0.3) is 10.9 Å². The molecule has 6 nitrogen and oxygen atoms in total. The SMILES string of the molecule is Cc1nc2ccc(C#CCNC(=O)OCc3ccccc3)cc2c(=O)[nH]1. The van der Waals surface area contributed by atoms with Crippen LogP contribution in [-0.4, -0.2) is 22.6 Å². The average Bonchev–Trinajstić information content (AvgIpc) is 2.64. The second-order valence-corrected chi connectivity index (χ2v) is 5.60. The van der Waals surface area contributed by atoms with Crippen LogP contribution in [0.15, 0.2) is 53.3 Å². The predicted octanol–water partition coefficient (Wildman–Crippen LogP) is 2.51. The summed E-state index contributed by atoms with van der Waals surface area (Å²) in [5.41, 5.74) is 2.02. The van der Waals surface area contributed by atoms with Gasteiger partial charge in [-0.05, 0) is 30.7 Å². The lowest BCUT2D eigenvalue weighted by molar-refractivity contribution is 0.141. The van der Waals surface area contributed by atoms with E-state index in [1.165, 1.54) is 0 Å². The molecule has 2 N–H and O–H groups in total. The van der Waals surface area contributed by atoms with Crippen molar-refractivity contribution in [2.75, 3.05) is 6.54 Å². The van der Waals surface area contributed by atoms with Crippen molar-refractivity contribution in [2.45, 2.75) is 13.5 Å². The zero-order valence-electron chi connectivity index (χ0n) is 14.2. The summed E-state index contributed by atoms with van der Waals surface area (Å²) < 4.78 is 5.09. The number of rotatable bonds is 3. The molecule has 1 amide bonds. The Hall–Kier alpha value is -3.59. The number of aromatic nitrogens is 2. The van der Waals surface area contributed by atoms with Gasteiger partial charge in [0.2, 0.25) is 0 Å². The van der Waals surface area contributed by atoms with Gasteiger partial charge in [-0.1, -0.05) is 42.2 Å². The van der Waals surface area contributed by atoms with E-state index in [9.17, 15) is 9.59 Å². The van der Waals surface area contributed by atoms with E-state index in [4.69, 9.17) is 4.74 Å². The summed E-state index contributed by atoms with van der Waals surface area (Å²) in [7, 11) is 0. The Kier molecular flexibility index (Phi) is 5.30. The Morgan fingerprint density at radius 3 is 2.85 bits per heavy atom. The summed E-state index contributed by atoms with van der Waals surface area (Å²) >= 11 is 0. The zero-order chi connectivity index (χ0) is 18.4. The first-order chi connectivity index (χ1) is 12.6. The summed E-state index contributed by atoms with van der Waals surface area (Å²) in [6, 6.07) is 14.6. The van der Waals surface area contributed by atoms with Crippen molar-refractivity contribution < 1.29 is 9.53 Å². The first kappa shape index (κ1) is 17.2. The van der Waals surface area contributed by atoms with Crippen LogP contribution in [0.5, 0.6) is 0 Å². The van der Waals surface area contributed by atoms with Gasteiger partial charge < -0.3 is 15.0 Å². The average molecular weight is 347 g/mol. The Labute approximate surface area is 150 Å². The van der Waals surface area contributed by atoms with Gasteiger partial charge in [0.25, 0.3) is 5.56 Å². The first-order valence-electron chi connectivity index (χ1n) is 8.06. The van der Waals surface area contributed by atoms with E-state index >= 15 is 0 Å². The lowest BCUT2D eigenvalue weighted by Crippen LogP contribution is -2.24. The fraction of sp³-hybridized carbons (Fsp3) is 0.150. The van der Waals surface area contributed by atoms with Crippen molar-refractivity contribution in [1.29, 1.82) is 0 Å². The summed E-state index contributed by atoms with van der Waals surface area (Å²) in [5, 5.41) is 3.05. The smallest absolute Gasteiger partial charge is 0.408 e. The highest BCUT2D eigenvalue weighted by atomic mass is 16.5. The summed E-state index contributed by atoms with van der Waals surface area (Å²) in [6.07, 6.45) is -0.530. The summed E-state index contributed by atoms with van der Waals surface area (Å²) in [6.45, 7) is 2.09. The van der Waals surface area contributed by atoms with Crippen molar-refractivity contribution in [1.82, 2.24) is 15.3 Å². The molecule has 3 rings (SSSR count). The molecular formula is C20H17N3O3. The van der Waals surface area contributed by atoms with Crippen LogP contribution >= 0.6 is 0 Å². The topological polar surface area (TPSA) is 84.1 Å². The van der Waals surface area contributed by atoms with Crippen molar-refractivity contribution in [3.05, 3.63) is 75.8 Å². The van der Waals surface area contributed by atoms with Gasteiger partial charge in [-0.2, -0.15) is 0 Å². The number of nitrogens with one attached hydrogen (secondary N) is 2. The Morgan fingerprint density at radius 2 is 2.04 bits per heavy atom. The molecule has 130 valence electrons. The monoisotopic (exact) mass is 347 g/mol. The van der Waals surface area contributed by atoms with E-state index < -0.39 is 6.09 Å². The number of hydrogen-bond acceptors (Lipinski definition) is 4. The number of carbonyl (C=O) groups is 1. The largest absolute Gasteiger partial charge is 0.445 e. The number of aryl methyl sites for hydroxylation is 1. The number of carbonyl (C=O) groups excluding carboxylic acids is 1. The van der Waals surface area contributed by atoms with Crippen LogP contribution in [0.4, 0.5) is 4.79 Å². The van der Waals surface area contributed by atoms with E-state index in [0.717, 1.165) is 5.56 Å². The quantitative estimate of drug-likeness (QED) is 0.713. The van der Waals surface area contributed by atoms with Crippen LogP contribution in [0.2, 0.25) is 0 Å². The molecular weight excluding hydrogens is 330 g/mol. The second-order valence-electron chi connectivity index (χ2n) is 5.60. The molecule has 0 aliphatic heterocycles. The number of amides is 1. The number of aromatic amines is 1. The van der Waals surface area contributed by atoms with Gasteiger partial charge in [-0.3, -0.25) is 4.79 Å². The van der Waals surface area contributed by atoms with E-state index in [2.05, 4.69) is 27.1 Å². The van der Waals surface area contributed by atoms with Crippen LogP contribution in [-0.2, 0) is 11.3 Å². The molecule has 6 heteroatoms. The van der Waals surface area contributed by atoms with Crippen molar-refractivity contribution in [3.8, 4) is 11.8 Å². The Bertz CT molecular complexity index is 1050. The van der Waals surface area contributed by atoms with Crippen LogP contribution in [0.1, 0.15) is 17.0 Å². The number of nitrogens with zero attached hydrogens (tertiary/aromatic N) is 1. The Balaban J connectivity index is 1.55. The maximum Gasteiger partial charge on any atom is 0.408 e. The van der Waals surface area contributed by atoms with Crippen LogP contribution < -0.4 is 10.9 Å². The Morgan fingerprint density at radius 1 is 1.23 bits per heavy atom. The molecule has 26 heavy (non-hydrogen) atoms. The number of ether oxygens (including phenoxy) is 1. The molecule has 0 aliphatic rings. The highest BCUT2D eigenvalue weighted by Gasteiger charge is 2.02. The fourth-order valence-electron chi connectivity index (χ4n) is 2.37. The summed E-state index contributed by atoms with van der Waals surface area (Å²) in [5.74, 6) is 6.31. The van der Waals surface area contributed by atoms with E-state index in [1.807, 2.05) is 30.3 Å². The van der Waals surface area contributed by atoms with Gasteiger partial charge in [0.1, 0.15) is 12.4 Å². The molecule has 0 unspecified atom stereocenters. The minimum absolute atomic E-state index is 0.147. The molecule has 0 radical (unpaired) electrons. The van der Waals surface area contributed by atoms with Crippen LogP contribution in [0, 0.1) is 18.8 Å². The van der Waals surface area contributed by atoms with Crippen molar-refractivity contribution in [2.24, 2.45) is 0 Å². The first-order valence-corrected chi connectivity index (χ1v) is 8.06. The lowest BCUT2D eigenvalue weighted by atomic mass is 10.1. The molecule has 0 spiro atoms. The van der Waals surface area contributed by atoms with Gasteiger partial charge in [0.05, 0.1) is 17.4 Å². The van der Waals surface area contributed by atoms with Gasteiger partial charge >= 0.3 is 6.09 Å². The minimum atomic E-state index is -0.530. The molecule has 1 aromatic heterocycles. The molecule has 1 heterocycles. The van der Waals surface area contributed by atoms with Crippen LogP contribution in [0.3, 0.4) is 0 Å². The molecule has 0 fully saturated rings. The normalized spacial score (nSPS) is 10.0. The summed E-state index contributed by atoms with van der Waals surface area (Å²) in [4.78, 5) is 30.5. The van der Waals surface area contributed by atoms with E-state index in [-0.39, 0.29) is 18.7 Å². The molecule has 0 aliphatic carbocycles. The second kappa shape index (κ2) is 7.99. The highest BCUT2D eigenvalue weighted by Crippen LogP contribution is 2.09. The molecule has 3 aromatic rings. The fourth-order valence-corrected chi connectivity index (χ4v) is 2.37. The van der Waals surface area contributed by atoms with Gasteiger partial charge in [0.15, 0.2) is 0 Å². The lowest BCUT2D eigenvalue weighted by Gasteiger charge is -2.04. The maximum absolute atomic E-state index is 11.9. The molecule has 0 bridgehead atoms. The molecule has 0 saturated heterocycles. The minimum Gasteiger partial charge on any atom is -0.445 e. The molecule has 2 aromatic carbocycles. The van der Waals surface area contributed by atoms with Gasteiger partial charge in [0, 0.05) is 5.56 Å². The highest BCUT2D eigenvalue weighted by molar-refractivity contribution is 5.79. The van der Waals surface area contributed by atoms with Gasteiger partial charge in [-0.25, -0.2) is 9.78 Å². The maximum atomic E-state index is 11.9. The number of hydrogen-bond donors (Lipinski definition) is 2. The number of benzene rings is 2. The van der Waals surface area contributed by atoms with Crippen molar-refractivity contribution >= 4 is 17.0 Å². The molecule has 0 saturated carbocycles. The molecule has 0 atom stereocenters. The predicted molar refractivity (Wildman–Crippen MR) is 98.6 cm³/mol. The zero-order valence-corrected chi connectivity index (χ0v) is 14.2. The number of alkyl carbamates (subject to hydrolysis) is 1.